The molecule has 0 atom stereocenters. The zero-order chi connectivity index (χ0) is 19.4. The van der Waals surface area contributed by atoms with Crippen molar-refractivity contribution < 1.29 is 13.2 Å². The predicted octanol–water partition coefficient (Wildman–Crippen LogP) is 2.46. The Bertz CT molecular complexity index is 902. The summed E-state index contributed by atoms with van der Waals surface area (Å²) in [6.07, 6.45) is 0. The summed E-state index contributed by atoms with van der Waals surface area (Å²) in [4.78, 5) is 13.6. The molecule has 1 saturated heterocycles. The highest BCUT2D eigenvalue weighted by Crippen LogP contribution is 2.21. The van der Waals surface area contributed by atoms with Crippen LogP contribution in [-0.2, 0) is 21.4 Å². The van der Waals surface area contributed by atoms with Gasteiger partial charge in [-0.15, -0.1) is 0 Å². The van der Waals surface area contributed by atoms with Crippen molar-refractivity contribution in [2.24, 2.45) is 0 Å². The van der Waals surface area contributed by atoms with Crippen LogP contribution in [0.2, 0.25) is 0 Å². The molecule has 0 aliphatic carbocycles. The Morgan fingerprint density at radius 2 is 1.63 bits per heavy atom. The van der Waals surface area contributed by atoms with Crippen molar-refractivity contribution in [3.05, 3.63) is 59.7 Å². The van der Waals surface area contributed by atoms with Crippen molar-refractivity contribution in [2.75, 3.05) is 31.5 Å². The maximum Gasteiger partial charge on any atom is 0.243 e. The third kappa shape index (κ3) is 4.74. The molecule has 144 valence electrons. The first-order valence-corrected chi connectivity index (χ1v) is 10.4. The lowest BCUT2D eigenvalue weighted by atomic mass is 10.1. The molecule has 2 aromatic carbocycles. The summed E-state index contributed by atoms with van der Waals surface area (Å²) < 4.78 is 27.3. The first kappa shape index (κ1) is 19.5. The molecular formula is C20H25N3O3S. The summed E-state index contributed by atoms with van der Waals surface area (Å²) in [7, 11) is -3.52. The molecule has 0 bridgehead atoms. The van der Waals surface area contributed by atoms with Crippen LogP contribution < -0.4 is 5.32 Å². The van der Waals surface area contributed by atoms with E-state index in [2.05, 4.69) is 29.3 Å². The minimum atomic E-state index is -3.52. The molecule has 0 radical (unpaired) electrons. The van der Waals surface area contributed by atoms with E-state index in [1.165, 1.54) is 22.4 Å². The maximum absolute atomic E-state index is 12.9. The highest BCUT2D eigenvalue weighted by atomic mass is 32.2. The number of piperazine rings is 1. The van der Waals surface area contributed by atoms with Gasteiger partial charge < -0.3 is 5.32 Å². The number of carbonyl (C=O) groups is 1. The van der Waals surface area contributed by atoms with Gasteiger partial charge in [0, 0.05) is 45.3 Å². The average Bonchev–Trinajstić information content (AvgIpc) is 2.64. The van der Waals surface area contributed by atoms with Gasteiger partial charge in [0.05, 0.1) is 4.90 Å². The molecule has 7 heteroatoms. The molecule has 0 unspecified atom stereocenters. The Labute approximate surface area is 160 Å². The number of hydrogen-bond acceptors (Lipinski definition) is 4. The number of nitrogens with zero attached hydrogens (tertiary/aromatic N) is 2. The van der Waals surface area contributed by atoms with Crippen LogP contribution in [0.3, 0.4) is 0 Å². The summed E-state index contributed by atoms with van der Waals surface area (Å²) in [5, 5.41) is 2.64. The van der Waals surface area contributed by atoms with Crippen molar-refractivity contribution in [1.29, 1.82) is 0 Å². The van der Waals surface area contributed by atoms with Crippen LogP contribution in [-0.4, -0.2) is 49.7 Å². The van der Waals surface area contributed by atoms with Gasteiger partial charge in [-0.3, -0.25) is 9.69 Å². The average molecular weight is 388 g/mol. The molecule has 2 aromatic rings. The standard InChI is InChI=1S/C20H25N3O3S/c1-16-5-3-4-6-18(16)15-22-11-13-23(14-12-22)27(25,26)20-9-7-19(8-10-20)21-17(2)24/h3-10H,11-15H2,1-2H3,(H,21,24). The van der Waals surface area contributed by atoms with Crippen molar-refractivity contribution in [1.82, 2.24) is 9.21 Å². The minimum Gasteiger partial charge on any atom is -0.326 e. The van der Waals surface area contributed by atoms with Crippen LogP contribution in [0.25, 0.3) is 0 Å². The summed E-state index contributed by atoms with van der Waals surface area (Å²) >= 11 is 0. The van der Waals surface area contributed by atoms with Gasteiger partial charge in [0.2, 0.25) is 15.9 Å². The molecule has 1 heterocycles. The van der Waals surface area contributed by atoms with E-state index in [1.807, 2.05) is 12.1 Å². The van der Waals surface area contributed by atoms with Crippen molar-refractivity contribution in [2.45, 2.75) is 25.3 Å². The molecule has 1 aliphatic rings. The second-order valence-electron chi connectivity index (χ2n) is 6.81. The Hall–Kier alpha value is -2.22. The lowest BCUT2D eigenvalue weighted by Crippen LogP contribution is -2.48. The Kier molecular flexibility index (Phi) is 5.94. The molecule has 1 N–H and O–H groups in total. The van der Waals surface area contributed by atoms with E-state index < -0.39 is 10.0 Å². The monoisotopic (exact) mass is 387 g/mol. The molecule has 0 spiro atoms. The highest BCUT2D eigenvalue weighted by molar-refractivity contribution is 7.89. The van der Waals surface area contributed by atoms with E-state index in [4.69, 9.17) is 0 Å². The van der Waals surface area contributed by atoms with E-state index in [1.54, 1.807) is 24.3 Å². The lowest BCUT2D eigenvalue weighted by Gasteiger charge is -2.34. The smallest absolute Gasteiger partial charge is 0.243 e. The zero-order valence-corrected chi connectivity index (χ0v) is 16.5. The van der Waals surface area contributed by atoms with Crippen molar-refractivity contribution in [3.8, 4) is 0 Å². The molecule has 0 saturated carbocycles. The molecule has 1 amide bonds. The number of rotatable bonds is 5. The van der Waals surface area contributed by atoms with Crippen molar-refractivity contribution >= 4 is 21.6 Å². The normalized spacial score (nSPS) is 16.2. The van der Waals surface area contributed by atoms with Gasteiger partial charge in [-0.1, -0.05) is 24.3 Å². The third-order valence-electron chi connectivity index (χ3n) is 4.80. The molecule has 0 aromatic heterocycles. The van der Waals surface area contributed by atoms with E-state index in [-0.39, 0.29) is 10.8 Å². The first-order valence-electron chi connectivity index (χ1n) is 9.01. The molecular weight excluding hydrogens is 362 g/mol. The van der Waals surface area contributed by atoms with E-state index >= 15 is 0 Å². The van der Waals surface area contributed by atoms with Crippen LogP contribution in [0.5, 0.6) is 0 Å². The number of benzene rings is 2. The highest BCUT2D eigenvalue weighted by Gasteiger charge is 2.28. The van der Waals surface area contributed by atoms with Gasteiger partial charge in [0.15, 0.2) is 0 Å². The topological polar surface area (TPSA) is 69.7 Å². The zero-order valence-electron chi connectivity index (χ0n) is 15.7. The Balaban J connectivity index is 1.62. The fourth-order valence-electron chi connectivity index (χ4n) is 3.22. The predicted molar refractivity (Wildman–Crippen MR) is 106 cm³/mol. The number of sulfonamides is 1. The van der Waals surface area contributed by atoms with Gasteiger partial charge in [0.1, 0.15) is 0 Å². The summed E-state index contributed by atoms with van der Waals surface area (Å²) in [5.41, 5.74) is 3.12. The minimum absolute atomic E-state index is 0.185. The van der Waals surface area contributed by atoms with E-state index in [0.29, 0.717) is 31.9 Å². The van der Waals surface area contributed by atoms with Crippen LogP contribution in [0.4, 0.5) is 5.69 Å². The largest absolute Gasteiger partial charge is 0.326 e. The van der Waals surface area contributed by atoms with Crippen LogP contribution >= 0.6 is 0 Å². The summed E-state index contributed by atoms with van der Waals surface area (Å²) in [6.45, 7) is 6.71. The molecule has 1 fully saturated rings. The molecule has 27 heavy (non-hydrogen) atoms. The van der Waals surface area contributed by atoms with E-state index in [9.17, 15) is 13.2 Å². The number of nitrogens with one attached hydrogen (secondary N) is 1. The van der Waals surface area contributed by atoms with Gasteiger partial charge in [-0.2, -0.15) is 4.31 Å². The van der Waals surface area contributed by atoms with Crippen molar-refractivity contribution in [3.63, 3.8) is 0 Å². The quantitative estimate of drug-likeness (QED) is 0.856. The fourth-order valence-corrected chi connectivity index (χ4v) is 4.64. The number of amides is 1. The summed E-state index contributed by atoms with van der Waals surface area (Å²) in [5.74, 6) is -0.185. The SMILES string of the molecule is CC(=O)Nc1ccc(S(=O)(=O)N2CCN(Cc3ccccc3C)CC2)cc1. The van der Waals surface area contributed by atoms with Gasteiger partial charge in [-0.05, 0) is 42.3 Å². The number of aryl methyl sites for hydroxylation is 1. The molecule has 1 aliphatic heterocycles. The van der Waals surface area contributed by atoms with E-state index in [0.717, 1.165) is 6.54 Å². The number of anilines is 1. The van der Waals surface area contributed by atoms with Gasteiger partial charge in [-0.25, -0.2) is 8.42 Å². The van der Waals surface area contributed by atoms with Crippen LogP contribution in [0.1, 0.15) is 18.1 Å². The third-order valence-corrected chi connectivity index (χ3v) is 6.71. The number of carbonyl (C=O) groups excluding carboxylic acids is 1. The lowest BCUT2D eigenvalue weighted by molar-refractivity contribution is -0.114. The van der Waals surface area contributed by atoms with Gasteiger partial charge >= 0.3 is 0 Å². The second kappa shape index (κ2) is 8.21. The fraction of sp³-hybridized carbons (Fsp3) is 0.350. The number of hydrogen-bond donors (Lipinski definition) is 1. The molecule has 6 nitrogen and oxygen atoms in total. The summed E-state index contributed by atoms with van der Waals surface area (Å²) in [6, 6.07) is 14.6. The Morgan fingerprint density at radius 3 is 2.22 bits per heavy atom. The van der Waals surface area contributed by atoms with Crippen LogP contribution in [0.15, 0.2) is 53.4 Å². The Morgan fingerprint density at radius 1 is 1.00 bits per heavy atom. The van der Waals surface area contributed by atoms with Crippen LogP contribution in [0, 0.1) is 6.92 Å². The van der Waals surface area contributed by atoms with Gasteiger partial charge in [0.25, 0.3) is 0 Å². The first-order chi connectivity index (χ1) is 12.9. The maximum atomic E-state index is 12.9. The second-order valence-corrected chi connectivity index (χ2v) is 8.75. The molecule has 3 rings (SSSR count).